The highest BCUT2D eigenvalue weighted by atomic mass is 19.1. The van der Waals surface area contributed by atoms with Crippen LogP contribution in [0.1, 0.15) is 53.5 Å². The Balaban J connectivity index is 2.12. The van der Waals surface area contributed by atoms with E-state index in [9.17, 15) is 34.1 Å². The number of urea groups is 1. The van der Waals surface area contributed by atoms with Gasteiger partial charge in [0.1, 0.15) is 29.3 Å². The van der Waals surface area contributed by atoms with E-state index in [2.05, 4.69) is 10.6 Å². The molecule has 1 aliphatic rings. The molecular weight excluding hydrogens is 523 g/mol. The molecule has 218 valence electrons. The maximum atomic E-state index is 14.4. The van der Waals surface area contributed by atoms with E-state index in [1.807, 2.05) is 0 Å². The second-order valence-corrected chi connectivity index (χ2v) is 10.6. The minimum absolute atomic E-state index is 0.0373. The zero-order valence-corrected chi connectivity index (χ0v) is 23.4. The Bertz CT molecular complexity index is 1300. The molecule has 1 aliphatic carbocycles. The molecule has 0 spiro atoms. The number of rotatable bonds is 8. The highest BCUT2D eigenvalue weighted by molar-refractivity contribution is 5.95. The fourth-order valence-corrected chi connectivity index (χ4v) is 5.43. The van der Waals surface area contributed by atoms with Gasteiger partial charge in [-0.1, -0.05) is 19.1 Å². The highest BCUT2D eigenvalue weighted by Crippen LogP contribution is 2.49. The first kappa shape index (κ1) is 30.8. The van der Waals surface area contributed by atoms with E-state index in [0.29, 0.717) is 5.56 Å². The van der Waals surface area contributed by atoms with Gasteiger partial charge in [0.2, 0.25) is 0 Å². The van der Waals surface area contributed by atoms with Crippen molar-refractivity contribution in [1.29, 1.82) is 0 Å². The monoisotopic (exact) mass is 560 g/mol. The standard InChI is InChI=1S/C28H37FN4O7/c1-7-27(32-25(37)33(5)6)22(30)23(31-19-12-17(16(3)34)11-18(29)13-19)28(39,26(27,4)38)14-40-24(36)21-15(2)9-8-10-20(21)35/h8-13,22-23,31,35,38-39H,7,14,30H2,1-6H3,(H,32,37)/t22-,23-,26+,27-,28+/m0/s1. The number of hydrogen-bond acceptors (Lipinski definition) is 9. The number of anilines is 1. The lowest BCUT2D eigenvalue weighted by atomic mass is 9.74. The number of aryl methyl sites for hydroxylation is 1. The number of amides is 2. The maximum Gasteiger partial charge on any atom is 0.342 e. The van der Waals surface area contributed by atoms with Gasteiger partial charge in [-0.25, -0.2) is 14.0 Å². The molecule has 3 rings (SSSR count). The van der Waals surface area contributed by atoms with Crippen molar-refractivity contribution in [1.82, 2.24) is 10.2 Å². The fraction of sp³-hybridized carbons (Fsp3) is 0.464. The normalized spacial score (nSPS) is 27.6. The second-order valence-electron chi connectivity index (χ2n) is 10.6. The molecule has 1 fully saturated rings. The van der Waals surface area contributed by atoms with Gasteiger partial charge in [-0.05, 0) is 57.0 Å². The van der Waals surface area contributed by atoms with Gasteiger partial charge in [-0.15, -0.1) is 0 Å². The van der Waals surface area contributed by atoms with Crippen LogP contribution in [-0.2, 0) is 4.74 Å². The van der Waals surface area contributed by atoms with E-state index in [-0.39, 0.29) is 29.0 Å². The van der Waals surface area contributed by atoms with Gasteiger partial charge in [0.05, 0.1) is 17.6 Å². The Kier molecular flexibility index (Phi) is 8.49. The van der Waals surface area contributed by atoms with Crippen LogP contribution in [-0.4, -0.2) is 87.5 Å². The summed E-state index contributed by atoms with van der Waals surface area (Å²) in [5, 5.41) is 40.0. The van der Waals surface area contributed by atoms with Gasteiger partial charge >= 0.3 is 12.0 Å². The van der Waals surface area contributed by atoms with Crippen molar-refractivity contribution in [2.24, 2.45) is 5.73 Å². The lowest BCUT2D eigenvalue weighted by Gasteiger charge is -2.46. The zero-order valence-electron chi connectivity index (χ0n) is 23.4. The molecule has 12 heteroatoms. The molecule has 0 aliphatic heterocycles. The number of esters is 1. The molecule has 40 heavy (non-hydrogen) atoms. The Morgan fingerprint density at radius 3 is 2.38 bits per heavy atom. The summed E-state index contributed by atoms with van der Waals surface area (Å²) in [6, 6.07) is 4.76. The number of aliphatic hydroxyl groups is 2. The SMILES string of the molecule is CC[C@]1(NC(=O)N(C)C)[C@@H](N)[C@H](Nc2cc(F)cc(C(C)=O)c2)[C@](O)(COC(=O)c2c(C)cccc2O)[C@]1(C)O. The van der Waals surface area contributed by atoms with E-state index in [1.165, 1.54) is 45.0 Å². The number of Topliss-reactive ketones (excluding diaryl/α,β-unsaturated/α-hetero) is 1. The summed E-state index contributed by atoms with van der Waals surface area (Å²) in [6.07, 6.45) is 0.0373. The minimum Gasteiger partial charge on any atom is -0.507 e. The van der Waals surface area contributed by atoms with Gasteiger partial charge in [-0.3, -0.25) is 4.79 Å². The van der Waals surface area contributed by atoms with Crippen molar-refractivity contribution < 1.29 is 38.8 Å². The van der Waals surface area contributed by atoms with E-state index in [0.717, 1.165) is 12.1 Å². The summed E-state index contributed by atoms with van der Waals surface area (Å²) in [5.41, 5.74) is 0.780. The van der Waals surface area contributed by atoms with Crippen molar-refractivity contribution in [3.63, 3.8) is 0 Å². The number of phenolic OH excluding ortho intramolecular Hbond substituents is 1. The smallest absolute Gasteiger partial charge is 0.342 e. The molecule has 1 saturated carbocycles. The van der Waals surface area contributed by atoms with Crippen LogP contribution in [0, 0.1) is 12.7 Å². The van der Waals surface area contributed by atoms with Crippen molar-refractivity contribution in [2.45, 2.75) is 62.9 Å². The predicted molar refractivity (Wildman–Crippen MR) is 146 cm³/mol. The largest absolute Gasteiger partial charge is 0.507 e. The Labute approximate surface area is 232 Å². The number of carbonyl (C=O) groups excluding carboxylic acids is 3. The number of nitrogens with two attached hydrogens (primary N) is 1. The topological polar surface area (TPSA) is 174 Å². The Hall–Kier alpha value is -3.74. The van der Waals surface area contributed by atoms with Crippen LogP contribution in [0.2, 0.25) is 0 Å². The van der Waals surface area contributed by atoms with Crippen LogP contribution >= 0.6 is 0 Å². The van der Waals surface area contributed by atoms with Crippen LogP contribution in [0.3, 0.4) is 0 Å². The summed E-state index contributed by atoms with van der Waals surface area (Å²) in [5.74, 6) is -2.45. The average Bonchev–Trinajstić information content (AvgIpc) is 2.98. The molecule has 11 nitrogen and oxygen atoms in total. The Morgan fingerprint density at radius 1 is 1.18 bits per heavy atom. The number of carbonyl (C=O) groups is 3. The number of aromatic hydroxyl groups is 1. The lowest BCUT2D eigenvalue weighted by molar-refractivity contribution is -0.172. The number of hydrogen-bond donors (Lipinski definition) is 6. The zero-order chi connectivity index (χ0) is 30.2. The summed E-state index contributed by atoms with van der Waals surface area (Å²) in [7, 11) is 2.98. The highest BCUT2D eigenvalue weighted by Gasteiger charge is 2.74. The molecule has 0 unspecified atom stereocenters. The Morgan fingerprint density at radius 2 is 1.82 bits per heavy atom. The van der Waals surface area contributed by atoms with Crippen molar-refractivity contribution >= 4 is 23.5 Å². The number of phenols is 1. The van der Waals surface area contributed by atoms with Crippen LogP contribution < -0.4 is 16.4 Å². The molecule has 0 heterocycles. The van der Waals surface area contributed by atoms with Gasteiger partial charge in [0.25, 0.3) is 0 Å². The number of halogens is 1. The first-order valence-corrected chi connectivity index (χ1v) is 12.8. The fourth-order valence-electron chi connectivity index (χ4n) is 5.43. The maximum absolute atomic E-state index is 14.4. The summed E-state index contributed by atoms with van der Waals surface area (Å²) < 4.78 is 19.9. The van der Waals surface area contributed by atoms with Crippen molar-refractivity contribution in [2.75, 3.05) is 26.0 Å². The molecule has 5 atom stereocenters. The van der Waals surface area contributed by atoms with Crippen LogP contribution in [0.25, 0.3) is 0 Å². The van der Waals surface area contributed by atoms with Crippen LogP contribution in [0.4, 0.5) is 14.9 Å². The van der Waals surface area contributed by atoms with Gasteiger partial charge in [0, 0.05) is 25.3 Å². The minimum atomic E-state index is -2.38. The molecule has 2 aromatic rings. The third-order valence-corrected chi connectivity index (χ3v) is 7.95. The lowest BCUT2D eigenvalue weighted by Crippen LogP contribution is -2.72. The van der Waals surface area contributed by atoms with Gasteiger partial charge < -0.3 is 41.3 Å². The molecule has 0 saturated heterocycles. The van der Waals surface area contributed by atoms with E-state index >= 15 is 0 Å². The molecule has 7 N–H and O–H groups in total. The van der Waals surface area contributed by atoms with E-state index in [1.54, 1.807) is 26.0 Å². The van der Waals surface area contributed by atoms with Crippen LogP contribution in [0.15, 0.2) is 36.4 Å². The quantitative estimate of drug-likeness (QED) is 0.208. The van der Waals surface area contributed by atoms with E-state index < -0.39 is 59.0 Å². The number of benzene rings is 2. The molecular formula is C28H37FN4O7. The van der Waals surface area contributed by atoms with Crippen molar-refractivity contribution in [3.05, 3.63) is 58.9 Å². The van der Waals surface area contributed by atoms with Gasteiger partial charge in [0.15, 0.2) is 11.4 Å². The third-order valence-electron chi connectivity index (χ3n) is 7.95. The second kappa shape index (κ2) is 11.0. The molecule has 0 aromatic heterocycles. The molecule has 2 amide bonds. The third kappa shape index (κ3) is 5.09. The number of ether oxygens (including phenoxy) is 1. The van der Waals surface area contributed by atoms with Crippen LogP contribution in [0.5, 0.6) is 5.75 Å². The van der Waals surface area contributed by atoms with Crippen molar-refractivity contribution in [3.8, 4) is 5.75 Å². The molecule has 0 radical (unpaired) electrons. The summed E-state index contributed by atoms with van der Waals surface area (Å²) in [6.45, 7) is 4.94. The number of ketones is 1. The number of nitrogens with zero attached hydrogens (tertiary/aromatic N) is 1. The molecule has 2 aromatic carbocycles. The van der Waals surface area contributed by atoms with E-state index in [4.69, 9.17) is 10.5 Å². The number of nitrogens with one attached hydrogen (secondary N) is 2. The summed E-state index contributed by atoms with van der Waals surface area (Å²) >= 11 is 0. The summed E-state index contributed by atoms with van der Waals surface area (Å²) in [4.78, 5) is 39.0. The average molecular weight is 561 g/mol. The van der Waals surface area contributed by atoms with Gasteiger partial charge in [-0.2, -0.15) is 0 Å². The molecule has 0 bridgehead atoms. The first-order chi connectivity index (χ1) is 18.5. The first-order valence-electron chi connectivity index (χ1n) is 12.8. The predicted octanol–water partition coefficient (Wildman–Crippen LogP) is 1.92.